The van der Waals surface area contributed by atoms with Gasteiger partial charge in [0.25, 0.3) is 5.91 Å². The monoisotopic (exact) mass is 252 g/mol. The second-order valence-electron chi connectivity index (χ2n) is 5.08. The second-order valence-corrected chi connectivity index (χ2v) is 5.08. The van der Waals surface area contributed by atoms with Crippen molar-refractivity contribution in [2.45, 2.75) is 38.7 Å². The molecule has 0 bridgehead atoms. The molecule has 1 fully saturated rings. The summed E-state index contributed by atoms with van der Waals surface area (Å²) in [5.74, 6) is 0.0600. The molecule has 6 heteroatoms. The number of nitrogen functional groups attached to an aromatic ring is 1. The molecule has 0 unspecified atom stereocenters. The highest BCUT2D eigenvalue weighted by Gasteiger charge is 2.26. The Kier molecular flexibility index (Phi) is 3.56. The van der Waals surface area contributed by atoms with Gasteiger partial charge in [-0.2, -0.15) is 5.10 Å². The predicted molar refractivity (Wildman–Crippen MR) is 68.2 cm³/mol. The summed E-state index contributed by atoms with van der Waals surface area (Å²) in [5.41, 5.74) is 7.50. The van der Waals surface area contributed by atoms with Crippen molar-refractivity contribution in [3.63, 3.8) is 0 Å². The largest absolute Gasteiger partial charge is 0.395 e. The quantitative estimate of drug-likeness (QED) is 0.722. The fourth-order valence-corrected chi connectivity index (χ4v) is 2.19. The van der Waals surface area contributed by atoms with E-state index in [1.54, 1.807) is 4.90 Å². The van der Waals surface area contributed by atoms with E-state index in [0.29, 0.717) is 37.3 Å². The van der Waals surface area contributed by atoms with Crippen molar-refractivity contribution >= 4 is 11.6 Å². The molecule has 0 saturated carbocycles. The molecule has 1 aromatic heterocycles. The number of amides is 1. The number of H-pyrrole nitrogens is 1. The van der Waals surface area contributed by atoms with Crippen LogP contribution in [-0.4, -0.2) is 45.3 Å². The number of carbonyl (C=O) groups is 1. The number of carbonyl (C=O) groups excluding carboxylic acids is 1. The Bertz CT molecular complexity index is 433. The maximum atomic E-state index is 12.2. The van der Waals surface area contributed by atoms with Gasteiger partial charge in [0.2, 0.25) is 0 Å². The molecule has 0 aromatic carbocycles. The zero-order valence-corrected chi connectivity index (χ0v) is 10.8. The molecule has 0 atom stereocenters. The molecular weight excluding hydrogens is 232 g/mol. The molecule has 1 saturated heterocycles. The van der Waals surface area contributed by atoms with Crippen LogP contribution in [0.5, 0.6) is 0 Å². The molecule has 1 aliphatic heterocycles. The van der Waals surface area contributed by atoms with Gasteiger partial charge in [0.1, 0.15) is 0 Å². The lowest BCUT2D eigenvalue weighted by molar-refractivity contribution is 0.0542. The predicted octanol–water partition coefficient (Wildman–Crippen LogP) is 0.712. The Hall–Kier alpha value is -1.56. The zero-order chi connectivity index (χ0) is 13.3. The summed E-state index contributed by atoms with van der Waals surface area (Å²) in [6.07, 6.45) is 0.942. The van der Waals surface area contributed by atoms with E-state index in [9.17, 15) is 9.90 Å². The summed E-state index contributed by atoms with van der Waals surface area (Å²) in [6.45, 7) is 5.11. The molecule has 2 heterocycles. The Labute approximate surface area is 106 Å². The first-order valence-electron chi connectivity index (χ1n) is 6.31. The minimum Gasteiger partial charge on any atom is -0.395 e. The molecule has 1 aromatic rings. The molecule has 6 nitrogen and oxygen atoms in total. The third-order valence-corrected chi connectivity index (χ3v) is 3.37. The fraction of sp³-hybridized carbons (Fsp3) is 0.667. The van der Waals surface area contributed by atoms with Gasteiger partial charge in [-0.25, -0.2) is 0 Å². The number of nitrogens with zero attached hydrogens (tertiary/aromatic N) is 2. The van der Waals surface area contributed by atoms with Crippen LogP contribution in [-0.2, 0) is 0 Å². The first-order valence-corrected chi connectivity index (χ1v) is 6.31. The van der Waals surface area contributed by atoms with Crippen LogP contribution in [0.15, 0.2) is 0 Å². The van der Waals surface area contributed by atoms with Crippen LogP contribution in [0.4, 0.5) is 5.69 Å². The summed E-state index contributed by atoms with van der Waals surface area (Å²) < 4.78 is 0. The maximum absolute atomic E-state index is 12.2. The van der Waals surface area contributed by atoms with E-state index in [0.717, 1.165) is 5.69 Å². The summed E-state index contributed by atoms with van der Waals surface area (Å²) in [7, 11) is 0. The highest BCUT2D eigenvalue weighted by molar-refractivity contribution is 5.97. The molecule has 2 rings (SSSR count). The molecule has 0 spiro atoms. The summed E-state index contributed by atoms with van der Waals surface area (Å²) in [4.78, 5) is 13.9. The number of likely N-dealkylation sites (tertiary alicyclic amines) is 1. The number of nitrogens with one attached hydrogen (secondary N) is 1. The van der Waals surface area contributed by atoms with Crippen LogP contribution in [0, 0.1) is 0 Å². The van der Waals surface area contributed by atoms with Gasteiger partial charge in [0, 0.05) is 13.1 Å². The summed E-state index contributed by atoms with van der Waals surface area (Å²) in [6, 6.07) is 0. The molecular formula is C12H20N4O2. The van der Waals surface area contributed by atoms with Crippen LogP contribution in [0.2, 0.25) is 0 Å². The van der Waals surface area contributed by atoms with Gasteiger partial charge in [-0.3, -0.25) is 9.89 Å². The molecule has 100 valence electrons. The third-order valence-electron chi connectivity index (χ3n) is 3.37. The lowest BCUT2D eigenvalue weighted by atomic mass is 10.1. The first-order chi connectivity index (χ1) is 8.50. The SMILES string of the molecule is CC(C)c1[nH]nc(C(=O)N2CCC(O)CC2)c1N. The van der Waals surface area contributed by atoms with E-state index in [4.69, 9.17) is 5.73 Å². The highest BCUT2D eigenvalue weighted by atomic mass is 16.3. The number of rotatable bonds is 2. The third kappa shape index (κ3) is 2.33. The minimum absolute atomic E-state index is 0.150. The number of aliphatic hydroxyl groups excluding tert-OH is 1. The molecule has 1 amide bonds. The van der Waals surface area contributed by atoms with Gasteiger partial charge in [0.15, 0.2) is 5.69 Å². The highest BCUT2D eigenvalue weighted by Crippen LogP contribution is 2.24. The van der Waals surface area contributed by atoms with Crippen LogP contribution >= 0.6 is 0 Å². The number of nitrogens with two attached hydrogens (primary N) is 1. The van der Waals surface area contributed by atoms with Crippen molar-refractivity contribution in [3.8, 4) is 0 Å². The van der Waals surface area contributed by atoms with Crippen LogP contribution in [0.25, 0.3) is 0 Å². The number of piperidine rings is 1. The number of aromatic nitrogens is 2. The van der Waals surface area contributed by atoms with Crippen LogP contribution in [0.3, 0.4) is 0 Å². The number of aliphatic hydroxyl groups is 1. The molecule has 1 aliphatic rings. The zero-order valence-electron chi connectivity index (χ0n) is 10.8. The van der Waals surface area contributed by atoms with Crippen molar-refractivity contribution in [3.05, 3.63) is 11.4 Å². The van der Waals surface area contributed by atoms with E-state index in [2.05, 4.69) is 10.2 Å². The van der Waals surface area contributed by atoms with Gasteiger partial charge < -0.3 is 15.7 Å². The van der Waals surface area contributed by atoms with Gasteiger partial charge in [-0.05, 0) is 18.8 Å². The van der Waals surface area contributed by atoms with E-state index in [1.165, 1.54) is 0 Å². The van der Waals surface area contributed by atoms with Gasteiger partial charge in [0.05, 0.1) is 17.5 Å². The Balaban J connectivity index is 2.14. The summed E-state index contributed by atoms with van der Waals surface area (Å²) in [5, 5.41) is 16.3. The van der Waals surface area contributed by atoms with E-state index in [1.807, 2.05) is 13.8 Å². The standard InChI is InChI=1S/C12H20N4O2/c1-7(2)10-9(13)11(15-14-10)12(18)16-5-3-8(17)4-6-16/h7-8,17H,3-6,13H2,1-2H3,(H,14,15). The van der Waals surface area contributed by atoms with Crippen LogP contribution in [0.1, 0.15) is 48.8 Å². The number of hydrogen-bond acceptors (Lipinski definition) is 4. The van der Waals surface area contributed by atoms with Crippen molar-refractivity contribution < 1.29 is 9.90 Å². The molecule has 18 heavy (non-hydrogen) atoms. The first kappa shape index (κ1) is 12.9. The van der Waals surface area contributed by atoms with E-state index >= 15 is 0 Å². The number of anilines is 1. The minimum atomic E-state index is -0.295. The maximum Gasteiger partial charge on any atom is 0.276 e. The average Bonchev–Trinajstić information content (AvgIpc) is 2.71. The van der Waals surface area contributed by atoms with Crippen molar-refractivity contribution in [2.24, 2.45) is 0 Å². The van der Waals surface area contributed by atoms with E-state index in [-0.39, 0.29) is 17.9 Å². The normalized spacial score (nSPS) is 17.4. The van der Waals surface area contributed by atoms with Crippen molar-refractivity contribution in [2.75, 3.05) is 18.8 Å². The second kappa shape index (κ2) is 4.97. The van der Waals surface area contributed by atoms with Crippen molar-refractivity contribution in [1.29, 1.82) is 0 Å². The van der Waals surface area contributed by atoms with Gasteiger partial charge in [-0.1, -0.05) is 13.8 Å². The van der Waals surface area contributed by atoms with Gasteiger partial charge in [-0.15, -0.1) is 0 Å². The average molecular weight is 252 g/mol. The lowest BCUT2D eigenvalue weighted by Gasteiger charge is -2.29. The number of hydrogen-bond donors (Lipinski definition) is 3. The molecule has 4 N–H and O–H groups in total. The van der Waals surface area contributed by atoms with E-state index < -0.39 is 0 Å². The lowest BCUT2D eigenvalue weighted by Crippen LogP contribution is -2.40. The molecule has 0 aliphatic carbocycles. The Morgan fingerprint density at radius 1 is 1.50 bits per heavy atom. The topological polar surface area (TPSA) is 95.2 Å². The molecule has 0 radical (unpaired) electrons. The number of aromatic amines is 1. The Morgan fingerprint density at radius 3 is 2.61 bits per heavy atom. The summed E-state index contributed by atoms with van der Waals surface area (Å²) >= 11 is 0. The van der Waals surface area contributed by atoms with Crippen molar-refractivity contribution in [1.82, 2.24) is 15.1 Å². The van der Waals surface area contributed by atoms with Gasteiger partial charge >= 0.3 is 0 Å². The van der Waals surface area contributed by atoms with Crippen LogP contribution < -0.4 is 5.73 Å². The Morgan fingerprint density at radius 2 is 2.11 bits per heavy atom. The smallest absolute Gasteiger partial charge is 0.276 e. The fourth-order valence-electron chi connectivity index (χ4n) is 2.19.